The number of aliphatic hydroxyl groups is 1. The monoisotopic (exact) mass is 401 g/mol. The molecule has 0 saturated heterocycles. The first-order chi connectivity index (χ1) is 9.95. The molecule has 1 aromatic carbocycles. The molecule has 0 amide bonds. The summed E-state index contributed by atoms with van der Waals surface area (Å²) in [5.74, 6) is 0.821. The zero-order valence-corrected chi connectivity index (χ0v) is 15.4. The maximum absolute atomic E-state index is 11.3. The summed E-state index contributed by atoms with van der Waals surface area (Å²) in [6.45, 7) is 4.78. The van der Waals surface area contributed by atoms with Gasteiger partial charge in [0.15, 0.2) is 0 Å². The molecule has 0 aromatic heterocycles. The van der Waals surface area contributed by atoms with E-state index in [2.05, 4.69) is 53.8 Å². The molecule has 1 fully saturated rings. The second-order valence-electron chi connectivity index (χ2n) is 6.80. The van der Waals surface area contributed by atoms with Gasteiger partial charge in [0.25, 0.3) is 0 Å². The predicted molar refractivity (Wildman–Crippen MR) is 97.1 cm³/mol. The third-order valence-electron chi connectivity index (χ3n) is 5.59. The second kappa shape index (κ2) is 6.97. The lowest BCUT2D eigenvalue weighted by atomic mass is 9.59. The number of halogens is 1. The molecule has 21 heavy (non-hydrogen) atoms. The third-order valence-corrected chi connectivity index (χ3v) is 6.31. The molecule has 1 atom stereocenters. The Hall–Kier alpha value is -0.130. The Kier molecular flexibility index (Phi) is 5.71. The van der Waals surface area contributed by atoms with Crippen LogP contribution in [0.3, 0.4) is 0 Å². The van der Waals surface area contributed by atoms with Crippen LogP contribution in [0.2, 0.25) is 0 Å². The topological polar surface area (TPSA) is 46.2 Å². The van der Waals surface area contributed by atoms with Gasteiger partial charge in [-0.3, -0.25) is 0 Å². The van der Waals surface area contributed by atoms with Gasteiger partial charge >= 0.3 is 0 Å². The predicted octanol–water partition coefficient (Wildman–Crippen LogP) is 4.43. The maximum atomic E-state index is 11.3. The van der Waals surface area contributed by atoms with Crippen LogP contribution in [-0.4, -0.2) is 11.7 Å². The van der Waals surface area contributed by atoms with E-state index >= 15 is 0 Å². The van der Waals surface area contributed by atoms with Gasteiger partial charge in [-0.25, -0.2) is 0 Å². The van der Waals surface area contributed by atoms with Gasteiger partial charge in [0.1, 0.15) is 0 Å². The molecule has 1 saturated carbocycles. The molecule has 2 rings (SSSR count). The molecular formula is C18H28INO. The number of hydrogen-bond acceptors (Lipinski definition) is 2. The van der Waals surface area contributed by atoms with Crippen LogP contribution in [0.5, 0.6) is 0 Å². The zero-order valence-electron chi connectivity index (χ0n) is 13.2. The molecule has 0 heterocycles. The normalized spacial score (nSPS) is 29.1. The Morgan fingerprint density at radius 3 is 2.33 bits per heavy atom. The van der Waals surface area contributed by atoms with E-state index in [0.717, 1.165) is 24.3 Å². The van der Waals surface area contributed by atoms with Crippen LogP contribution in [0, 0.1) is 14.9 Å². The molecule has 1 aromatic rings. The van der Waals surface area contributed by atoms with Crippen molar-refractivity contribution in [1.82, 2.24) is 0 Å². The van der Waals surface area contributed by atoms with Crippen molar-refractivity contribution in [2.45, 2.75) is 58.0 Å². The Labute approximate surface area is 142 Å². The number of rotatable bonds is 5. The number of hydrogen-bond donors (Lipinski definition) is 2. The van der Waals surface area contributed by atoms with Crippen LogP contribution in [0.1, 0.15) is 57.9 Å². The summed E-state index contributed by atoms with van der Waals surface area (Å²) in [7, 11) is 0. The Balaban J connectivity index is 2.21. The highest BCUT2D eigenvalue weighted by molar-refractivity contribution is 14.1. The first-order valence-corrected chi connectivity index (χ1v) is 9.21. The van der Waals surface area contributed by atoms with Crippen molar-refractivity contribution in [2.75, 3.05) is 6.54 Å². The molecule has 1 unspecified atom stereocenters. The molecule has 3 N–H and O–H groups in total. The Bertz CT molecular complexity index is 447. The standard InChI is InChI=1S/C18H28INO/c1-3-4-14-9-11-18(13-20,12-10-14)17(2,21)15-5-7-16(19)8-6-15/h5-8,14,21H,3-4,9-13,20H2,1-2H3. The van der Waals surface area contributed by atoms with Crippen LogP contribution in [-0.2, 0) is 5.60 Å². The van der Waals surface area contributed by atoms with Crippen LogP contribution < -0.4 is 5.73 Å². The van der Waals surface area contributed by atoms with Crippen molar-refractivity contribution in [2.24, 2.45) is 17.1 Å². The minimum absolute atomic E-state index is 0.177. The van der Waals surface area contributed by atoms with Gasteiger partial charge in [-0.15, -0.1) is 0 Å². The van der Waals surface area contributed by atoms with Gasteiger partial charge in [-0.1, -0.05) is 31.9 Å². The van der Waals surface area contributed by atoms with E-state index in [1.54, 1.807) is 0 Å². The van der Waals surface area contributed by atoms with E-state index in [1.165, 1.54) is 29.3 Å². The summed E-state index contributed by atoms with van der Waals surface area (Å²) in [6, 6.07) is 8.24. The van der Waals surface area contributed by atoms with Crippen molar-refractivity contribution < 1.29 is 5.11 Å². The van der Waals surface area contributed by atoms with Crippen LogP contribution >= 0.6 is 22.6 Å². The fourth-order valence-corrected chi connectivity index (χ4v) is 4.26. The van der Waals surface area contributed by atoms with E-state index in [-0.39, 0.29) is 5.41 Å². The molecule has 0 spiro atoms. The summed E-state index contributed by atoms with van der Waals surface area (Å²) in [5, 5.41) is 11.3. The highest BCUT2D eigenvalue weighted by Crippen LogP contribution is 2.51. The van der Waals surface area contributed by atoms with Crippen LogP contribution in [0.25, 0.3) is 0 Å². The number of benzene rings is 1. The average Bonchev–Trinajstić information content (AvgIpc) is 2.49. The first kappa shape index (κ1) is 17.2. The Morgan fingerprint density at radius 1 is 1.29 bits per heavy atom. The fourth-order valence-electron chi connectivity index (χ4n) is 3.90. The smallest absolute Gasteiger partial charge is 0.0936 e. The quantitative estimate of drug-likeness (QED) is 0.717. The molecule has 3 heteroatoms. The van der Waals surface area contributed by atoms with Crippen molar-refractivity contribution in [3.8, 4) is 0 Å². The lowest BCUT2D eigenvalue weighted by molar-refractivity contribution is -0.0983. The summed E-state index contributed by atoms with van der Waals surface area (Å²) in [4.78, 5) is 0. The van der Waals surface area contributed by atoms with Crippen LogP contribution in [0.15, 0.2) is 24.3 Å². The van der Waals surface area contributed by atoms with E-state index in [4.69, 9.17) is 5.73 Å². The minimum atomic E-state index is -0.844. The fraction of sp³-hybridized carbons (Fsp3) is 0.667. The number of nitrogens with two attached hydrogens (primary N) is 1. The third kappa shape index (κ3) is 3.45. The van der Waals surface area contributed by atoms with Gasteiger partial charge in [-0.2, -0.15) is 0 Å². The van der Waals surface area contributed by atoms with E-state index in [9.17, 15) is 5.11 Å². The molecule has 118 valence electrons. The highest BCUT2D eigenvalue weighted by atomic mass is 127. The first-order valence-electron chi connectivity index (χ1n) is 8.13. The van der Waals surface area contributed by atoms with Gasteiger partial charge in [0.2, 0.25) is 0 Å². The maximum Gasteiger partial charge on any atom is 0.0936 e. The van der Waals surface area contributed by atoms with Gasteiger partial charge in [0, 0.05) is 15.5 Å². The lowest BCUT2D eigenvalue weighted by Crippen LogP contribution is -2.50. The Morgan fingerprint density at radius 2 is 1.86 bits per heavy atom. The van der Waals surface area contributed by atoms with Crippen molar-refractivity contribution in [3.63, 3.8) is 0 Å². The summed E-state index contributed by atoms with van der Waals surface area (Å²) >= 11 is 2.30. The SMILES string of the molecule is CCCC1CCC(CN)(C(C)(O)c2ccc(I)cc2)CC1. The van der Waals surface area contributed by atoms with Gasteiger partial charge in [-0.05, 0) is 78.8 Å². The largest absolute Gasteiger partial charge is 0.385 e. The molecular weight excluding hydrogens is 373 g/mol. The van der Waals surface area contributed by atoms with E-state index < -0.39 is 5.60 Å². The molecule has 2 nitrogen and oxygen atoms in total. The molecule has 1 aliphatic rings. The summed E-state index contributed by atoms with van der Waals surface area (Å²) in [5.41, 5.74) is 6.13. The molecule has 0 radical (unpaired) electrons. The van der Waals surface area contributed by atoms with Gasteiger partial charge < -0.3 is 10.8 Å². The molecule has 0 bridgehead atoms. The zero-order chi connectivity index (χ0) is 15.5. The van der Waals surface area contributed by atoms with E-state index in [0.29, 0.717) is 6.54 Å². The lowest BCUT2D eigenvalue weighted by Gasteiger charge is -2.49. The van der Waals surface area contributed by atoms with E-state index in [1.807, 2.05) is 6.92 Å². The van der Waals surface area contributed by atoms with Crippen molar-refractivity contribution >= 4 is 22.6 Å². The van der Waals surface area contributed by atoms with Crippen molar-refractivity contribution in [3.05, 3.63) is 33.4 Å². The minimum Gasteiger partial charge on any atom is -0.385 e. The highest BCUT2D eigenvalue weighted by Gasteiger charge is 2.48. The second-order valence-corrected chi connectivity index (χ2v) is 8.04. The average molecular weight is 401 g/mol. The molecule has 0 aliphatic heterocycles. The van der Waals surface area contributed by atoms with Gasteiger partial charge in [0.05, 0.1) is 5.60 Å². The van der Waals surface area contributed by atoms with Crippen LogP contribution in [0.4, 0.5) is 0 Å². The summed E-state index contributed by atoms with van der Waals surface area (Å²) < 4.78 is 1.20. The summed E-state index contributed by atoms with van der Waals surface area (Å²) in [6.07, 6.45) is 7.04. The van der Waals surface area contributed by atoms with Crippen molar-refractivity contribution in [1.29, 1.82) is 0 Å². The molecule has 1 aliphatic carbocycles.